The highest BCUT2D eigenvalue weighted by Crippen LogP contribution is 2.20. The van der Waals surface area contributed by atoms with E-state index >= 15 is 0 Å². The largest absolute Gasteiger partial charge is 0.399 e. The molecular formula is C16H23N3. The fourth-order valence-corrected chi connectivity index (χ4v) is 1.70. The Hall–Kier alpha value is -2.00. The van der Waals surface area contributed by atoms with Crippen LogP contribution < -0.4 is 11.1 Å². The molecule has 0 unspecified atom stereocenters. The molecule has 3 N–H and O–H groups in total. The monoisotopic (exact) mass is 257 g/mol. The normalized spacial score (nSPS) is 11.4. The van der Waals surface area contributed by atoms with E-state index in [0.717, 1.165) is 35.6 Å². The molecule has 0 saturated carbocycles. The van der Waals surface area contributed by atoms with Crippen molar-refractivity contribution in [3.8, 4) is 0 Å². The van der Waals surface area contributed by atoms with Gasteiger partial charge in [0.15, 0.2) is 0 Å². The van der Waals surface area contributed by atoms with E-state index in [-0.39, 0.29) is 0 Å². The van der Waals surface area contributed by atoms with Gasteiger partial charge in [-0.2, -0.15) is 0 Å². The Labute approximate surface area is 116 Å². The second-order valence-electron chi connectivity index (χ2n) is 4.65. The van der Waals surface area contributed by atoms with E-state index in [0.29, 0.717) is 0 Å². The SMILES string of the molecule is C=C/C=C(\C=C)Nc1ccc(N)c(CCN(C)C)c1. The van der Waals surface area contributed by atoms with Gasteiger partial charge in [-0.05, 0) is 56.4 Å². The van der Waals surface area contributed by atoms with E-state index in [1.807, 2.05) is 18.2 Å². The summed E-state index contributed by atoms with van der Waals surface area (Å²) in [6, 6.07) is 5.98. The number of benzene rings is 1. The minimum atomic E-state index is 0.834. The zero-order valence-electron chi connectivity index (χ0n) is 11.8. The van der Waals surface area contributed by atoms with E-state index in [9.17, 15) is 0 Å². The summed E-state index contributed by atoms with van der Waals surface area (Å²) in [5, 5.41) is 3.29. The lowest BCUT2D eigenvalue weighted by Crippen LogP contribution is -2.15. The number of hydrogen-bond acceptors (Lipinski definition) is 3. The van der Waals surface area contributed by atoms with Crippen molar-refractivity contribution in [2.45, 2.75) is 6.42 Å². The maximum absolute atomic E-state index is 6.00. The number of hydrogen-bond donors (Lipinski definition) is 2. The van der Waals surface area contributed by atoms with Crippen molar-refractivity contribution >= 4 is 11.4 Å². The Morgan fingerprint density at radius 2 is 2.11 bits per heavy atom. The van der Waals surface area contributed by atoms with Crippen LogP contribution in [-0.2, 0) is 6.42 Å². The zero-order chi connectivity index (χ0) is 14.3. The molecule has 0 atom stereocenters. The van der Waals surface area contributed by atoms with Crippen LogP contribution in [0.25, 0.3) is 0 Å². The highest BCUT2D eigenvalue weighted by Gasteiger charge is 2.03. The van der Waals surface area contributed by atoms with Crippen LogP contribution in [0.4, 0.5) is 11.4 Å². The molecule has 0 aliphatic carbocycles. The third kappa shape index (κ3) is 5.02. The Morgan fingerprint density at radius 3 is 2.68 bits per heavy atom. The molecule has 0 heterocycles. The lowest BCUT2D eigenvalue weighted by atomic mass is 10.1. The van der Waals surface area contributed by atoms with Crippen LogP contribution in [0.1, 0.15) is 5.56 Å². The fraction of sp³-hybridized carbons (Fsp3) is 0.250. The van der Waals surface area contributed by atoms with Crippen LogP contribution in [-0.4, -0.2) is 25.5 Å². The van der Waals surface area contributed by atoms with E-state index < -0.39 is 0 Å². The van der Waals surface area contributed by atoms with Crippen LogP contribution in [0.3, 0.4) is 0 Å². The minimum absolute atomic E-state index is 0.834. The molecular weight excluding hydrogens is 234 g/mol. The topological polar surface area (TPSA) is 41.3 Å². The van der Waals surface area contributed by atoms with Gasteiger partial charge in [-0.1, -0.05) is 19.2 Å². The first kappa shape index (κ1) is 15.1. The van der Waals surface area contributed by atoms with E-state index in [1.54, 1.807) is 12.2 Å². The van der Waals surface area contributed by atoms with Gasteiger partial charge in [-0.25, -0.2) is 0 Å². The number of nitrogens with one attached hydrogen (secondary N) is 1. The summed E-state index contributed by atoms with van der Waals surface area (Å²) in [7, 11) is 4.11. The molecule has 3 heteroatoms. The van der Waals surface area contributed by atoms with Crippen LogP contribution in [0.5, 0.6) is 0 Å². The quantitative estimate of drug-likeness (QED) is 0.583. The first-order chi connectivity index (χ1) is 9.06. The summed E-state index contributed by atoms with van der Waals surface area (Å²) in [5.74, 6) is 0. The van der Waals surface area contributed by atoms with Crippen LogP contribution >= 0.6 is 0 Å². The third-order valence-corrected chi connectivity index (χ3v) is 2.78. The van der Waals surface area contributed by atoms with Gasteiger partial charge in [0, 0.05) is 23.6 Å². The second-order valence-corrected chi connectivity index (χ2v) is 4.65. The molecule has 0 amide bonds. The van der Waals surface area contributed by atoms with Gasteiger partial charge in [-0.15, -0.1) is 0 Å². The summed E-state index contributed by atoms with van der Waals surface area (Å²) in [5.41, 5.74) is 9.91. The lowest BCUT2D eigenvalue weighted by Gasteiger charge is -2.13. The van der Waals surface area contributed by atoms with Crippen molar-refractivity contribution in [3.05, 3.63) is 60.8 Å². The smallest absolute Gasteiger partial charge is 0.0388 e. The van der Waals surface area contributed by atoms with E-state index in [1.165, 1.54) is 0 Å². The van der Waals surface area contributed by atoms with Crippen LogP contribution in [0.15, 0.2) is 55.3 Å². The summed E-state index contributed by atoms with van der Waals surface area (Å²) >= 11 is 0. The number of anilines is 2. The van der Waals surface area contributed by atoms with Gasteiger partial charge in [-0.3, -0.25) is 0 Å². The van der Waals surface area contributed by atoms with Gasteiger partial charge in [0.1, 0.15) is 0 Å². The van der Waals surface area contributed by atoms with Gasteiger partial charge >= 0.3 is 0 Å². The minimum Gasteiger partial charge on any atom is -0.399 e. The van der Waals surface area contributed by atoms with Crippen molar-refractivity contribution in [2.75, 3.05) is 31.7 Å². The molecule has 0 saturated heterocycles. The van der Waals surface area contributed by atoms with Crippen molar-refractivity contribution in [1.29, 1.82) is 0 Å². The third-order valence-electron chi connectivity index (χ3n) is 2.78. The maximum Gasteiger partial charge on any atom is 0.0388 e. The molecule has 0 bridgehead atoms. The molecule has 0 radical (unpaired) electrons. The Morgan fingerprint density at radius 1 is 1.37 bits per heavy atom. The van der Waals surface area contributed by atoms with Crippen LogP contribution in [0, 0.1) is 0 Å². The van der Waals surface area contributed by atoms with E-state index in [4.69, 9.17) is 5.73 Å². The number of rotatable bonds is 7. The molecule has 3 nitrogen and oxygen atoms in total. The predicted octanol–water partition coefficient (Wildman–Crippen LogP) is 3.04. The highest BCUT2D eigenvalue weighted by molar-refractivity contribution is 5.60. The predicted molar refractivity (Wildman–Crippen MR) is 85.2 cm³/mol. The number of allylic oxidation sites excluding steroid dienone is 3. The average molecular weight is 257 g/mol. The molecule has 1 aromatic rings. The summed E-state index contributed by atoms with van der Waals surface area (Å²) < 4.78 is 0. The van der Waals surface area contributed by atoms with Gasteiger partial charge in [0.2, 0.25) is 0 Å². The van der Waals surface area contributed by atoms with E-state index in [2.05, 4.69) is 43.5 Å². The number of likely N-dealkylation sites (N-methyl/N-ethyl adjacent to an activating group) is 1. The van der Waals surface area contributed by atoms with Gasteiger partial charge < -0.3 is 16.0 Å². The molecule has 102 valence electrons. The van der Waals surface area contributed by atoms with Crippen molar-refractivity contribution in [1.82, 2.24) is 4.90 Å². The first-order valence-corrected chi connectivity index (χ1v) is 6.32. The Balaban J connectivity index is 2.86. The molecule has 0 aromatic heterocycles. The standard InChI is InChI=1S/C16H23N3/c1-5-7-14(6-2)18-15-8-9-16(17)13(12-15)10-11-19(3)4/h5-9,12,18H,1-2,10-11,17H2,3-4H3/b14-7+. The molecule has 1 rings (SSSR count). The number of nitrogens with two attached hydrogens (primary N) is 1. The van der Waals surface area contributed by atoms with Crippen molar-refractivity contribution in [2.24, 2.45) is 0 Å². The highest BCUT2D eigenvalue weighted by atomic mass is 15.0. The molecule has 1 aromatic carbocycles. The fourth-order valence-electron chi connectivity index (χ4n) is 1.70. The number of nitrogen functional groups attached to an aromatic ring is 1. The maximum atomic E-state index is 6.00. The molecule has 0 aliphatic heterocycles. The molecule has 0 spiro atoms. The molecule has 19 heavy (non-hydrogen) atoms. The van der Waals surface area contributed by atoms with Crippen molar-refractivity contribution < 1.29 is 0 Å². The molecule has 0 fully saturated rings. The second kappa shape index (κ2) is 7.44. The summed E-state index contributed by atoms with van der Waals surface area (Å²) in [6.07, 6.45) is 6.30. The lowest BCUT2D eigenvalue weighted by molar-refractivity contribution is 0.414. The average Bonchev–Trinajstić information content (AvgIpc) is 2.38. The number of nitrogens with zero attached hydrogens (tertiary/aromatic N) is 1. The van der Waals surface area contributed by atoms with Crippen molar-refractivity contribution in [3.63, 3.8) is 0 Å². The Bertz CT molecular complexity index is 473. The first-order valence-electron chi connectivity index (χ1n) is 6.32. The summed E-state index contributed by atoms with van der Waals surface area (Å²) in [4.78, 5) is 2.15. The van der Waals surface area contributed by atoms with Crippen LogP contribution in [0.2, 0.25) is 0 Å². The summed E-state index contributed by atoms with van der Waals surface area (Å²) in [6.45, 7) is 8.42. The Kier molecular flexibility index (Phi) is 5.90. The molecule has 0 aliphatic rings. The van der Waals surface area contributed by atoms with Gasteiger partial charge in [0.05, 0.1) is 0 Å². The zero-order valence-corrected chi connectivity index (χ0v) is 11.8. The van der Waals surface area contributed by atoms with Gasteiger partial charge in [0.25, 0.3) is 0 Å².